The van der Waals surface area contributed by atoms with E-state index in [1.54, 1.807) is 0 Å². The van der Waals surface area contributed by atoms with Crippen LogP contribution in [0.25, 0.3) is 0 Å². The highest BCUT2D eigenvalue weighted by Crippen LogP contribution is 2.30. The Morgan fingerprint density at radius 1 is 1.29 bits per heavy atom. The largest absolute Gasteiger partial charge is 0.315 e. The van der Waals surface area contributed by atoms with Gasteiger partial charge < -0.3 is 10.2 Å². The number of nitrogens with zero attached hydrogens (tertiary/aromatic N) is 2. The molecule has 1 N–H and O–H groups in total. The minimum absolute atomic E-state index is 0.653. The van der Waals surface area contributed by atoms with Crippen LogP contribution in [-0.2, 0) is 6.42 Å². The lowest BCUT2D eigenvalue weighted by Crippen LogP contribution is -2.51. The molecule has 0 bridgehead atoms. The van der Waals surface area contributed by atoms with Gasteiger partial charge in [-0.2, -0.15) is 0 Å². The molecule has 1 aliphatic rings. The molecule has 1 aromatic rings. The van der Waals surface area contributed by atoms with Crippen LogP contribution in [-0.4, -0.2) is 42.6 Å². The smallest absolute Gasteiger partial charge is 0.0270 e. The van der Waals surface area contributed by atoms with Gasteiger partial charge in [-0.25, -0.2) is 0 Å². The van der Waals surface area contributed by atoms with E-state index in [1.165, 1.54) is 37.7 Å². The van der Waals surface area contributed by atoms with Gasteiger partial charge in [0, 0.05) is 31.0 Å². The Hall–Kier alpha value is -0.930. The Labute approximate surface area is 130 Å². The van der Waals surface area contributed by atoms with Gasteiger partial charge in [0.05, 0.1) is 0 Å². The number of hydrogen-bond acceptors (Lipinski definition) is 3. The summed E-state index contributed by atoms with van der Waals surface area (Å²) in [4.78, 5) is 6.67. The van der Waals surface area contributed by atoms with E-state index >= 15 is 0 Å². The fourth-order valence-electron chi connectivity index (χ4n) is 3.75. The van der Waals surface area contributed by atoms with Gasteiger partial charge in [0.15, 0.2) is 0 Å². The second-order valence-corrected chi connectivity index (χ2v) is 6.52. The summed E-state index contributed by atoms with van der Waals surface area (Å²) in [6.07, 6.45) is 11.7. The Kier molecular flexibility index (Phi) is 6.65. The molecular weight excluding hydrogens is 258 g/mol. The summed E-state index contributed by atoms with van der Waals surface area (Å²) in [6.45, 7) is 3.44. The first kappa shape index (κ1) is 16.4. The molecule has 0 aliphatic heterocycles. The van der Waals surface area contributed by atoms with Gasteiger partial charge in [-0.05, 0) is 63.4 Å². The minimum atomic E-state index is 0.653. The van der Waals surface area contributed by atoms with Crippen LogP contribution < -0.4 is 5.32 Å². The lowest BCUT2D eigenvalue weighted by Gasteiger charge is -2.41. The maximum Gasteiger partial charge on any atom is 0.0270 e. The average Bonchev–Trinajstić information content (AvgIpc) is 2.54. The maximum atomic E-state index is 4.09. The van der Waals surface area contributed by atoms with E-state index in [9.17, 15) is 0 Å². The van der Waals surface area contributed by atoms with Gasteiger partial charge in [0.1, 0.15) is 0 Å². The van der Waals surface area contributed by atoms with Crippen LogP contribution in [0.3, 0.4) is 0 Å². The molecule has 1 saturated carbocycles. The molecule has 1 aliphatic carbocycles. The Morgan fingerprint density at radius 2 is 2.05 bits per heavy atom. The maximum absolute atomic E-state index is 4.09. The van der Waals surface area contributed by atoms with E-state index in [0.29, 0.717) is 12.1 Å². The van der Waals surface area contributed by atoms with Crippen LogP contribution in [0.5, 0.6) is 0 Å². The average molecular weight is 289 g/mol. The molecule has 3 heteroatoms. The summed E-state index contributed by atoms with van der Waals surface area (Å²) in [5, 5.41) is 3.54. The molecule has 3 nitrogen and oxygen atoms in total. The molecule has 3 unspecified atom stereocenters. The van der Waals surface area contributed by atoms with Gasteiger partial charge in [0.25, 0.3) is 0 Å². The molecule has 0 saturated heterocycles. The molecular formula is C18H31N3. The van der Waals surface area contributed by atoms with Crippen molar-refractivity contribution < 1.29 is 0 Å². The molecule has 1 aromatic heterocycles. The van der Waals surface area contributed by atoms with Crippen LogP contribution >= 0.6 is 0 Å². The summed E-state index contributed by atoms with van der Waals surface area (Å²) in [7, 11) is 4.42. The van der Waals surface area contributed by atoms with E-state index < -0.39 is 0 Å². The first-order valence-corrected chi connectivity index (χ1v) is 8.51. The molecule has 1 heterocycles. The van der Waals surface area contributed by atoms with Gasteiger partial charge >= 0.3 is 0 Å². The first-order chi connectivity index (χ1) is 10.2. The number of rotatable bonds is 7. The van der Waals surface area contributed by atoms with Crippen molar-refractivity contribution in [3.05, 3.63) is 30.1 Å². The molecule has 0 amide bonds. The number of nitrogens with one attached hydrogen (secondary N) is 1. The zero-order valence-corrected chi connectivity index (χ0v) is 13.9. The van der Waals surface area contributed by atoms with Crippen LogP contribution in [0.4, 0.5) is 0 Å². The number of pyridine rings is 1. The fourth-order valence-corrected chi connectivity index (χ4v) is 3.75. The highest BCUT2D eigenvalue weighted by molar-refractivity contribution is 5.10. The predicted molar refractivity (Wildman–Crippen MR) is 89.5 cm³/mol. The third-order valence-corrected chi connectivity index (χ3v) is 5.06. The van der Waals surface area contributed by atoms with Crippen molar-refractivity contribution in [2.75, 3.05) is 20.6 Å². The second kappa shape index (κ2) is 8.50. The van der Waals surface area contributed by atoms with Crippen molar-refractivity contribution in [1.82, 2.24) is 15.2 Å². The molecule has 1 fully saturated rings. The van der Waals surface area contributed by atoms with E-state index in [1.807, 2.05) is 12.4 Å². The lowest BCUT2D eigenvalue weighted by atomic mass is 9.79. The number of likely N-dealkylation sites (N-methyl/N-ethyl adjacent to an activating group) is 2. The van der Waals surface area contributed by atoms with Gasteiger partial charge in [-0.15, -0.1) is 0 Å². The second-order valence-electron chi connectivity index (χ2n) is 6.52. The predicted octanol–water partition coefficient (Wildman–Crippen LogP) is 3.11. The standard InChI is InChI=1S/C18H31N3/c1-4-5-16-6-7-17(19-2)18(14-16)21(3)13-10-15-8-11-20-12-9-15/h8-9,11-12,16-19H,4-7,10,13-14H2,1-3H3. The third-order valence-electron chi connectivity index (χ3n) is 5.06. The van der Waals surface area contributed by atoms with Gasteiger partial charge in [-0.3, -0.25) is 4.98 Å². The van der Waals surface area contributed by atoms with E-state index in [-0.39, 0.29) is 0 Å². The van der Waals surface area contributed by atoms with Crippen LogP contribution in [0, 0.1) is 5.92 Å². The van der Waals surface area contributed by atoms with Crippen molar-refractivity contribution >= 4 is 0 Å². The minimum Gasteiger partial charge on any atom is -0.315 e. The highest BCUT2D eigenvalue weighted by atomic mass is 15.2. The first-order valence-electron chi connectivity index (χ1n) is 8.51. The highest BCUT2D eigenvalue weighted by Gasteiger charge is 2.31. The Bertz CT molecular complexity index is 393. The van der Waals surface area contributed by atoms with Crippen molar-refractivity contribution in [3.63, 3.8) is 0 Å². The SMILES string of the molecule is CCCC1CCC(NC)C(N(C)CCc2ccncc2)C1. The fraction of sp³-hybridized carbons (Fsp3) is 0.722. The van der Waals surface area contributed by atoms with E-state index in [4.69, 9.17) is 0 Å². The van der Waals surface area contributed by atoms with Crippen molar-refractivity contribution in [2.45, 2.75) is 57.5 Å². The lowest BCUT2D eigenvalue weighted by molar-refractivity contribution is 0.120. The van der Waals surface area contributed by atoms with Crippen molar-refractivity contribution in [2.24, 2.45) is 5.92 Å². The third kappa shape index (κ3) is 4.79. The van der Waals surface area contributed by atoms with Crippen LogP contribution in [0.2, 0.25) is 0 Å². The number of hydrogen-bond donors (Lipinski definition) is 1. The molecule has 0 spiro atoms. The number of aromatic nitrogens is 1. The molecule has 2 rings (SSSR count). The topological polar surface area (TPSA) is 28.2 Å². The summed E-state index contributed by atoms with van der Waals surface area (Å²) in [6, 6.07) is 5.59. The zero-order chi connectivity index (χ0) is 15.1. The molecule has 0 aromatic carbocycles. The van der Waals surface area contributed by atoms with Crippen molar-refractivity contribution in [3.8, 4) is 0 Å². The molecule has 3 atom stereocenters. The molecule has 21 heavy (non-hydrogen) atoms. The molecule has 118 valence electrons. The zero-order valence-electron chi connectivity index (χ0n) is 13.9. The quantitative estimate of drug-likeness (QED) is 0.836. The van der Waals surface area contributed by atoms with Gasteiger partial charge in [-0.1, -0.05) is 19.8 Å². The molecule has 0 radical (unpaired) electrons. The summed E-state index contributed by atoms with van der Waals surface area (Å²) >= 11 is 0. The normalized spacial score (nSPS) is 26.2. The Balaban J connectivity index is 1.89. The monoisotopic (exact) mass is 289 g/mol. The van der Waals surface area contributed by atoms with Crippen LogP contribution in [0.1, 0.15) is 44.6 Å². The summed E-state index contributed by atoms with van der Waals surface area (Å²) in [5.41, 5.74) is 1.39. The van der Waals surface area contributed by atoms with Crippen LogP contribution in [0.15, 0.2) is 24.5 Å². The van der Waals surface area contributed by atoms with Crippen molar-refractivity contribution in [1.29, 1.82) is 0 Å². The Morgan fingerprint density at radius 3 is 2.71 bits per heavy atom. The summed E-state index contributed by atoms with van der Waals surface area (Å²) < 4.78 is 0. The van der Waals surface area contributed by atoms with Gasteiger partial charge in [0.2, 0.25) is 0 Å². The summed E-state index contributed by atoms with van der Waals surface area (Å²) in [5.74, 6) is 0.924. The van der Waals surface area contributed by atoms with E-state index in [2.05, 4.69) is 48.4 Å². The van der Waals surface area contributed by atoms with E-state index in [0.717, 1.165) is 18.9 Å².